The molecule has 17 nitrogen and oxygen atoms in total. The molecule has 4 aromatic carbocycles. The number of aromatic hydroxyl groups is 1. The molecule has 5 N–H and O–H groups in total. The van der Waals surface area contributed by atoms with E-state index in [4.69, 9.17) is 26.3 Å². The van der Waals surface area contributed by atoms with Crippen LogP contribution in [0, 0.1) is 12.0 Å². The van der Waals surface area contributed by atoms with Gasteiger partial charge in [-0.2, -0.15) is 23.9 Å². The Morgan fingerprint density at radius 2 is 1.71 bits per heavy atom. The second-order valence-corrected chi connectivity index (χ2v) is 13.6. The van der Waals surface area contributed by atoms with Crippen molar-refractivity contribution in [2.45, 2.75) is 9.79 Å². The first-order valence-corrected chi connectivity index (χ1v) is 17.5. The predicted octanol–water partition coefficient (Wildman–Crippen LogP) is 7.88. The normalized spacial score (nSPS) is 11.7. The molecule has 0 unspecified atom stereocenters. The van der Waals surface area contributed by atoms with Gasteiger partial charge in [-0.25, -0.2) is 18.9 Å². The van der Waals surface area contributed by atoms with Crippen LogP contribution in [0.3, 0.4) is 0 Å². The van der Waals surface area contributed by atoms with E-state index >= 15 is 0 Å². The second-order valence-electron chi connectivity index (χ2n) is 9.89. The van der Waals surface area contributed by atoms with Gasteiger partial charge in [0.15, 0.2) is 33.7 Å². The maximum atomic E-state index is 13.8. The number of azo groups is 1. The summed E-state index contributed by atoms with van der Waals surface area (Å²) in [6.07, 6.45) is -1.34. The van der Waals surface area contributed by atoms with Crippen molar-refractivity contribution in [3.05, 3.63) is 95.4 Å². The molecule has 0 aliphatic carbocycles. The van der Waals surface area contributed by atoms with E-state index in [0.29, 0.717) is 17.4 Å². The third kappa shape index (κ3) is 9.84. The van der Waals surface area contributed by atoms with Crippen molar-refractivity contribution in [3.63, 3.8) is 0 Å². The average molecular weight is 799 g/mol. The second kappa shape index (κ2) is 17.8. The van der Waals surface area contributed by atoms with E-state index in [0.717, 1.165) is 0 Å². The molecule has 5 rings (SSSR count). The molecule has 1 aromatic heterocycles. The topological polar surface area (TPSA) is 233 Å². The average Bonchev–Trinajstić information content (AvgIpc) is 3.12. The molecule has 0 saturated heterocycles. The lowest BCUT2D eigenvalue weighted by Gasteiger charge is -2.12. The number of rotatable bonds is 16. The third-order valence-corrected chi connectivity index (χ3v) is 9.65. The molecule has 0 aliphatic heterocycles. The number of anilines is 3. The van der Waals surface area contributed by atoms with Crippen molar-refractivity contribution in [1.29, 1.82) is 0 Å². The van der Waals surface area contributed by atoms with Crippen molar-refractivity contribution in [2.75, 3.05) is 23.0 Å². The lowest BCUT2D eigenvalue weighted by molar-refractivity contribution is -0.434. The highest BCUT2D eigenvalue weighted by Gasteiger charge is 2.19. The number of carbonyl (C=O) groups excluding carboxylic acids is 1. The predicted molar refractivity (Wildman–Crippen MR) is 182 cm³/mol. The fraction of sp³-hybridized carbons (Fsp3) is 0.0690. The van der Waals surface area contributed by atoms with Gasteiger partial charge in [0.05, 0.1) is 39.9 Å². The van der Waals surface area contributed by atoms with Gasteiger partial charge in [-0.1, -0.05) is 27.7 Å². The fourth-order valence-electron chi connectivity index (χ4n) is 4.34. The van der Waals surface area contributed by atoms with E-state index in [2.05, 4.69) is 49.6 Å². The number of hydrogen-bond acceptors (Lipinski definition) is 18. The summed E-state index contributed by atoms with van der Waals surface area (Å²) in [4.78, 5) is 19.3. The molecular weight excluding hydrogens is 778 g/mol. The summed E-state index contributed by atoms with van der Waals surface area (Å²) in [6, 6.07) is 17.3. The zero-order valence-electron chi connectivity index (χ0n) is 25.6. The molecule has 52 heavy (non-hydrogen) atoms. The highest BCUT2D eigenvalue weighted by molar-refractivity contribution is 7.94. The third-order valence-electron chi connectivity index (χ3n) is 6.64. The number of nitrogens with zero attached hydrogens (tertiary/aromatic N) is 4. The van der Waals surface area contributed by atoms with E-state index in [-0.39, 0.29) is 74.0 Å². The maximum absolute atomic E-state index is 13.8. The van der Waals surface area contributed by atoms with Crippen LogP contribution in [0.1, 0.15) is 10.4 Å². The zero-order valence-corrected chi connectivity index (χ0v) is 28.8. The lowest BCUT2D eigenvalue weighted by Crippen LogP contribution is -2.14. The molecule has 272 valence electrons. The molecule has 0 radical (unpaired) electrons. The van der Waals surface area contributed by atoms with Crippen molar-refractivity contribution in [1.82, 2.24) is 9.97 Å². The van der Waals surface area contributed by atoms with Gasteiger partial charge in [0, 0.05) is 22.3 Å². The summed E-state index contributed by atoms with van der Waals surface area (Å²) < 4.78 is 65.9. The largest absolute Gasteiger partial charge is 0.505 e. The van der Waals surface area contributed by atoms with Crippen LogP contribution in [0.15, 0.2) is 92.8 Å². The fourth-order valence-corrected chi connectivity index (χ4v) is 6.42. The standard InChI is InChI=1S/C29H21ClF2N6O11S3/c30-23-26(31)35-29(32)36-27(23)33-19-8-9-21-16(12-19)13-22(50-48-46-41)24(25(21)39)38-37-17-6-4-15(5-7-17)28(40)34-18-2-1-3-20(14-18)52(43,44)11-10-45-51-49-47-42/h1-9,12-14,39,41-42H,10-11H2,(H,34,40)(H,33,35,36). The Bertz CT molecular complexity index is 2220. The number of phenolic OH excluding ortho intramolecular Hbond substituents is 1. The van der Waals surface area contributed by atoms with E-state index in [1.807, 2.05) is 0 Å². The van der Waals surface area contributed by atoms with Gasteiger partial charge < -0.3 is 15.7 Å². The first-order chi connectivity index (χ1) is 25.0. The summed E-state index contributed by atoms with van der Waals surface area (Å²) in [5, 5.41) is 48.6. The molecule has 1 heterocycles. The van der Waals surface area contributed by atoms with Crippen LogP contribution in [0.5, 0.6) is 5.75 Å². The van der Waals surface area contributed by atoms with Crippen LogP contribution in [-0.2, 0) is 32.8 Å². The van der Waals surface area contributed by atoms with Crippen molar-refractivity contribution in [3.8, 4) is 5.75 Å². The molecule has 0 bridgehead atoms. The highest BCUT2D eigenvalue weighted by Crippen LogP contribution is 2.44. The Balaban J connectivity index is 1.31. The number of fused-ring (bicyclic) bond motifs is 1. The Labute approximate surface area is 304 Å². The van der Waals surface area contributed by atoms with E-state index in [1.165, 1.54) is 72.8 Å². The molecule has 5 aromatic rings. The molecule has 0 spiro atoms. The van der Waals surface area contributed by atoms with Gasteiger partial charge in [-0.3, -0.25) is 8.98 Å². The SMILES string of the molecule is O=C(Nc1cccc(S(=O)(=O)CCOSOOO)c1)c1ccc(N=Nc2c(SOOO)cc3cc(Nc4nc(F)nc(F)c4Cl)ccc3c2O)cc1. The number of halogens is 3. The number of amides is 1. The molecular formula is C29H21ClF2N6O11S3. The number of phenols is 1. The molecule has 0 aliphatic rings. The summed E-state index contributed by atoms with van der Waals surface area (Å²) >= 11 is 6.57. The van der Waals surface area contributed by atoms with Crippen LogP contribution in [-0.4, -0.2) is 52.3 Å². The highest BCUT2D eigenvalue weighted by atomic mass is 35.5. The quantitative estimate of drug-likeness (QED) is 0.0121. The van der Waals surface area contributed by atoms with Crippen molar-refractivity contribution in [2.24, 2.45) is 10.2 Å². The molecule has 23 heteroatoms. The Hall–Kier alpha value is -4.59. The number of sulfone groups is 1. The van der Waals surface area contributed by atoms with Gasteiger partial charge in [0.25, 0.3) is 5.91 Å². The first-order valence-electron chi connectivity index (χ1n) is 14.0. The van der Waals surface area contributed by atoms with Gasteiger partial charge in [0.2, 0.25) is 5.95 Å². The minimum Gasteiger partial charge on any atom is -0.505 e. The van der Waals surface area contributed by atoms with Crippen LogP contribution in [0.25, 0.3) is 10.8 Å². The Morgan fingerprint density at radius 3 is 2.46 bits per heavy atom. The Morgan fingerprint density at radius 1 is 0.942 bits per heavy atom. The van der Waals surface area contributed by atoms with E-state index in [1.54, 1.807) is 0 Å². The van der Waals surface area contributed by atoms with Gasteiger partial charge >= 0.3 is 6.08 Å². The van der Waals surface area contributed by atoms with Crippen molar-refractivity contribution >= 4 is 91.1 Å². The number of nitrogens with one attached hydrogen (secondary N) is 2. The van der Waals surface area contributed by atoms with Gasteiger partial charge in [-0.05, 0) is 72.1 Å². The number of aromatic nitrogens is 2. The zero-order chi connectivity index (χ0) is 37.3. The molecule has 1 amide bonds. The van der Waals surface area contributed by atoms with Gasteiger partial charge in [0.1, 0.15) is 10.7 Å². The summed E-state index contributed by atoms with van der Waals surface area (Å²) in [6.45, 7) is -0.281. The van der Waals surface area contributed by atoms with Crippen LogP contribution in [0.2, 0.25) is 5.02 Å². The molecule has 0 atom stereocenters. The van der Waals surface area contributed by atoms with Gasteiger partial charge in [-0.15, -0.1) is 13.8 Å². The van der Waals surface area contributed by atoms with E-state index < -0.39 is 38.5 Å². The molecule has 0 fully saturated rings. The smallest absolute Gasteiger partial charge is 0.313 e. The summed E-state index contributed by atoms with van der Waals surface area (Å²) in [7, 11) is -3.80. The minimum absolute atomic E-state index is 0.0722. The Kier molecular flexibility index (Phi) is 13.2. The van der Waals surface area contributed by atoms with Crippen LogP contribution in [0.4, 0.5) is 37.3 Å². The summed E-state index contributed by atoms with van der Waals surface area (Å²) in [5.41, 5.74) is 0.849. The summed E-state index contributed by atoms with van der Waals surface area (Å²) in [5.74, 6) is -2.94. The maximum Gasteiger partial charge on any atom is 0.313 e. The van der Waals surface area contributed by atoms with Crippen molar-refractivity contribution < 1.29 is 60.5 Å². The number of hydrogen-bond donors (Lipinski definition) is 5. The monoisotopic (exact) mass is 798 g/mol. The minimum atomic E-state index is -3.80. The number of carbonyl (C=O) groups is 1. The van der Waals surface area contributed by atoms with Crippen LogP contribution >= 0.6 is 36.0 Å². The number of benzene rings is 4. The lowest BCUT2D eigenvalue weighted by atomic mass is 10.1. The molecule has 0 saturated carbocycles. The van der Waals surface area contributed by atoms with E-state index in [9.17, 15) is 27.1 Å². The van der Waals surface area contributed by atoms with Crippen LogP contribution < -0.4 is 10.6 Å². The first kappa shape index (κ1) is 38.6.